The highest BCUT2D eigenvalue weighted by atomic mass is 16.5. The Morgan fingerprint density at radius 1 is 0.617 bits per heavy atom. The average Bonchev–Trinajstić information content (AvgIpc) is 3.06. The highest BCUT2D eigenvalue weighted by molar-refractivity contribution is 5.82. The van der Waals surface area contributed by atoms with Crippen molar-refractivity contribution in [3.8, 4) is 0 Å². The van der Waals surface area contributed by atoms with Gasteiger partial charge in [-0.2, -0.15) is 0 Å². The summed E-state index contributed by atoms with van der Waals surface area (Å²) in [7, 11) is 0. The van der Waals surface area contributed by atoms with Crippen LogP contribution < -0.4 is 0 Å². The number of aliphatic hydroxyl groups excluding tert-OH is 8. The van der Waals surface area contributed by atoms with E-state index in [-0.39, 0.29) is 56.8 Å². The molecule has 0 saturated carbocycles. The third kappa shape index (κ3) is 15.7. The van der Waals surface area contributed by atoms with Crippen molar-refractivity contribution in [3.05, 3.63) is 60.8 Å². The van der Waals surface area contributed by atoms with Crippen molar-refractivity contribution in [2.45, 2.75) is 140 Å². The van der Waals surface area contributed by atoms with E-state index in [1.807, 2.05) is 20.8 Å². The average molecular weight is 667 g/mol. The topological polar surface area (TPSA) is 197 Å². The van der Waals surface area contributed by atoms with Gasteiger partial charge < -0.3 is 50.3 Å². The molecule has 0 unspecified atom stereocenters. The van der Waals surface area contributed by atoms with Crippen LogP contribution in [0.4, 0.5) is 0 Å². The fourth-order valence-corrected chi connectivity index (χ4v) is 6.07. The lowest BCUT2D eigenvalue weighted by Gasteiger charge is -2.29. The molecule has 0 aromatic rings. The van der Waals surface area contributed by atoms with Gasteiger partial charge in [0.15, 0.2) is 0 Å². The molecule has 2 bridgehead atoms. The van der Waals surface area contributed by atoms with Crippen molar-refractivity contribution in [2.24, 2.45) is 17.8 Å². The van der Waals surface area contributed by atoms with Gasteiger partial charge in [-0.15, -0.1) is 0 Å². The van der Waals surface area contributed by atoms with Crippen molar-refractivity contribution in [3.63, 3.8) is 0 Å². The maximum atomic E-state index is 12.5. The van der Waals surface area contributed by atoms with Crippen molar-refractivity contribution in [2.75, 3.05) is 0 Å². The summed E-state index contributed by atoms with van der Waals surface area (Å²) >= 11 is 0. The summed E-state index contributed by atoms with van der Waals surface area (Å²) in [4.78, 5) is 12.5. The maximum absolute atomic E-state index is 12.5. The second-order valence-corrected chi connectivity index (χ2v) is 13.5. The van der Waals surface area contributed by atoms with Gasteiger partial charge >= 0.3 is 5.97 Å². The first-order chi connectivity index (χ1) is 22.2. The molecule has 2 heterocycles. The molecule has 268 valence electrons. The molecule has 11 nitrogen and oxygen atoms in total. The molecule has 2 rings (SSSR count). The Hall–Kier alpha value is -2.19. The van der Waals surface area contributed by atoms with E-state index in [1.165, 1.54) is 12.2 Å². The lowest BCUT2D eigenvalue weighted by Crippen LogP contribution is -2.35. The van der Waals surface area contributed by atoms with Crippen LogP contribution in [0.1, 0.15) is 72.6 Å². The van der Waals surface area contributed by atoms with Crippen LogP contribution in [0.25, 0.3) is 0 Å². The van der Waals surface area contributed by atoms with E-state index in [1.54, 1.807) is 55.5 Å². The third-order valence-electron chi connectivity index (χ3n) is 8.74. The highest BCUT2D eigenvalue weighted by Gasteiger charge is 2.37. The quantitative estimate of drug-likeness (QED) is 0.151. The molecular weight excluding hydrogens is 608 g/mol. The molecule has 1 fully saturated rings. The summed E-state index contributed by atoms with van der Waals surface area (Å²) in [6.07, 6.45) is 5.96. The van der Waals surface area contributed by atoms with Crippen molar-refractivity contribution in [1.29, 1.82) is 0 Å². The third-order valence-corrected chi connectivity index (χ3v) is 8.74. The molecule has 0 aromatic heterocycles. The van der Waals surface area contributed by atoms with E-state index in [0.29, 0.717) is 0 Å². The Labute approximate surface area is 279 Å². The minimum Gasteiger partial charge on any atom is -0.458 e. The molecule has 47 heavy (non-hydrogen) atoms. The van der Waals surface area contributed by atoms with Gasteiger partial charge in [-0.3, -0.25) is 0 Å². The number of esters is 1. The fourth-order valence-electron chi connectivity index (χ4n) is 6.07. The van der Waals surface area contributed by atoms with E-state index in [2.05, 4.69) is 0 Å². The number of rotatable bonds is 1. The van der Waals surface area contributed by atoms with Gasteiger partial charge in [-0.1, -0.05) is 82.4 Å². The second kappa shape index (κ2) is 21.0. The SMILES string of the molecule is CC(C)[C@@H]1OC(=O)/C=C/C=C/C=C/C=C/[C@H]2O[C@@H](C[C@H](O)C[C@H](O)C[C@@H](O)C[C@H](O)C[C@@H](O)C[C@@H](O)/C=C/[C@@H]1C)[C@H](C)[C@@H](O)C[C@H]2O. The zero-order valence-electron chi connectivity index (χ0n) is 28.1. The van der Waals surface area contributed by atoms with Gasteiger partial charge in [-0.25, -0.2) is 4.79 Å². The number of carbonyl (C=O) groups is 1. The minimum absolute atomic E-state index is 0.00861. The monoisotopic (exact) mass is 666 g/mol. The van der Waals surface area contributed by atoms with Gasteiger partial charge in [0.2, 0.25) is 0 Å². The van der Waals surface area contributed by atoms with E-state index < -0.39 is 79.0 Å². The normalized spacial score (nSPS) is 43.3. The van der Waals surface area contributed by atoms with Gasteiger partial charge in [0.05, 0.1) is 54.9 Å². The minimum atomic E-state index is -1.10. The molecule has 1 saturated heterocycles. The van der Waals surface area contributed by atoms with Crippen molar-refractivity contribution >= 4 is 5.97 Å². The molecule has 11 heteroatoms. The summed E-state index contributed by atoms with van der Waals surface area (Å²) in [5, 5.41) is 84.3. The molecule has 8 N–H and O–H groups in total. The number of carbonyl (C=O) groups excluding carboxylic acids is 1. The number of hydrogen-bond acceptors (Lipinski definition) is 11. The van der Waals surface area contributed by atoms with Gasteiger partial charge in [0, 0.05) is 30.8 Å². The van der Waals surface area contributed by atoms with Gasteiger partial charge in [0.1, 0.15) is 12.2 Å². The number of cyclic esters (lactones) is 1. The summed E-state index contributed by atoms with van der Waals surface area (Å²) in [5.74, 6) is -1.16. The molecule has 13 atom stereocenters. The zero-order valence-corrected chi connectivity index (χ0v) is 28.1. The van der Waals surface area contributed by atoms with Crippen LogP contribution in [0, 0.1) is 17.8 Å². The van der Waals surface area contributed by atoms with Crippen LogP contribution >= 0.6 is 0 Å². The fraction of sp³-hybridized carbons (Fsp3) is 0.694. The Morgan fingerprint density at radius 3 is 1.70 bits per heavy atom. The standard InChI is InChI=1S/C36H58O11/c1-22(2)36-23(3)13-14-25(37)15-26(38)16-27(39)17-28(40)18-29(41)19-30(42)20-34-24(4)31(43)21-32(44)33(46-34)11-9-7-5-6-8-10-12-35(45)47-36/h5-14,22-34,36-44H,15-21H2,1-4H3/b7-5+,8-6+,11-9+,12-10+,14-13+/t23-,24+,25-,26-,27+,28-,29+,30+,31-,32+,33+,34-,36-/m0/s1. The first kappa shape index (κ1) is 41.0. The predicted octanol–water partition coefficient (Wildman–Crippen LogP) is 2.01. The molecule has 0 amide bonds. The largest absolute Gasteiger partial charge is 0.458 e. The van der Waals surface area contributed by atoms with Crippen LogP contribution in [-0.4, -0.2) is 114 Å². The first-order valence-corrected chi connectivity index (χ1v) is 16.8. The summed E-state index contributed by atoms with van der Waals surface area (Å²) in [6, 6.07) is 0. The van der Waals surface area contributed by atoms with Crippen LogP contribution in [0.2, 0.25) is 0 Å². The molecule has 0 radical (unpaired) electrons. The molecule has 0 aromatic carbocycles. The molecular formula is C36H58O11. The van der Waals surface area contributed by atoms with Crippen molar-refractivity contribution in [1.82, 2.24) is 0 Å². The van der Waals surface area contributed by atoms with Crippen LogP contribution in [-0.2, 0) is 14.3 Å². The van der Waals surface area contributed by atoms with Crippen LogP contribution in [0.15, 0.2) is 60.8 Å². The Kier molecular flexibility index (Phi) is 18.3. The predicted molar refractivity (Wildman–Crippen MR) is 178 cm³/mol. The lowest BCUT2D eigenvalue weighted by atomic mass is 9.90. The number of hydrogen-bond donors (Lipinski definition) is 8. The molecule has 2 aliphatic heterocycles. The lowest BCUT2D eigenvalue weighted by molar-refractivity contribution is -0.147. The number of fused-ring (bicyclic) bond motifs is 2. The Bertz CT molecular complexity index is 1050. The Morgan fingerprint density at radius 2 is 1.13 bits per heavy atom. The van der Waals surface area contributed by atoms with Crippen LogP contribution in [0.3, 0.4) is 0 Å². The van der Waals surface area contributed by atoms with E-state index >= 15 is 0 Å². The van der Waals surface area contributed by atoms with Crippen molar-refractivity contribution < 1.29 is 55.1 Å². The van der Waals surface area contributed by atoms with Gasteiger partial charge in [0.25, 0.3) is 0 Å². The van der Waals surface area contributed by atoms with E-state index in [9.17, 15) is 45.6 Å². The zero-order chi connectivity index (χ0) is 35.1. The second-order valence-electron chi connectivity index (χ2n) is 13.5. The Balaban J connectivity index is 2.22. The summed E-state index contributed by atoms with van der Waals surface area (Å²) < 4.78 is 11.8. The van der Waals surface area contributed by atoms with Gasteiger partial charge in [-0.05, 0) is 38.0 Å². The smallest absolute Gasteiger partial charge is 0.331 e. The first-order valence-electron chi connectivity index (χ1n) is 16.8. The molecule has 0 aliphatic carbocycles. The number of ether oxygens (including phenoxy) is 2. The van der Waals surface area contributed by atoms with E-state index in [4.69, 9.17) is 9.47 Å². The molecule has 0 spiro atoms. The van der Waals surface area contributed by atoms with E-state index in [0.717, 1.165) is 0 Å². The summed E-state index contributed by atoms with van der Waals surface area (Å²) in [5.41, 5.74) is 0. The number of aliphatic hydroxyl groups is 8. The molecule has 2 aliphatic rings. The summed E-state index contributed by atoms with van der Waals surface area (Å²) in [6.45, 7) is 7.48. The highest BCUT2D eigenvalue weighted by Crippen LogP contribution is 2.29. The number of allylic oxidation sites excluding steroid dienone is 6. The maximum Gasteiger partial charge on any atom is 0.331 e. The van der Waals surface area contributed by atoms with Crippen LogP contribution in [0.5, 0.6) is 0 Å².